The molecule has 1 aliphatic rings. The second-order valence-corrected chi connectivity index (χ2v) is 7.83. The molecule has 2 aromatic rings. The van der Waals surface area contributed by atoms with Crippen LogP contribution in [-0.2, 0) is 0 Å². The van der Waals surface area contributed by atoms with Gasteiger partial charge in [-0.1, -0.05) is 6.42 Å². The van der Waals surface area contributed by atoms with Crippen LogP contribution in [0.3, 0.4) is 0 Å². The van der Waals surface area contributed by atoms with Crippen LogP contribution in [0.4, 0.5) is 9.80 Å². The lowest BCUT2D eigenvalue weighted by Crippen LogP contribution is -2.41. The number of urea groups is 1. The van der Waals surface area contributed by atoms with E-state index in [9.17, 15) is 9.59 Å². The van der Waals surface area contributed by atoms with Crippen molar-refractivity contribution >= 4 is 28.3 Å². The molecule has 1 atom stereocenters. The van der Waals surface area contributed by atoms with Gasteiger partial charge in [0.05, 0.1) is 19.8 Å². The minimum absolute atomic E-state index is 0.0517. The molecule has 0 radical (unpaired) electrons. The fourth-order valence-electron chi connectivity index (χ4n) is 3.30. The lowest BCUT2D eigenvalue weighted by Gasteiger charge is -2.16. The number of nitrogens with two attached hydrogens (primary N) is 1. The number of methoxy groups -OCH3 is 2. The number of hydrogen-bond donors (Lipinski definition) is 4. The SMILES string of the molecule is COc1ccc(-c2cc(C(=O)N[C@H]3CCCCNC3)c(NC(N)=O)s2)cc1OC. The van der Waals surface area contributed by atoms with E-state index in [4.69, 9.17) is 15.2 Å². The van der Waals surface area contributed by atoms with Crippen LogP contribution in [0.15, 0.2) is 24.3 Å². The summed E-state index contributed by atoms with van der Waals surface area (Å²) >= 11 is 1.28. The van der Waals surface area contributed by atoms with E-state index in [1.54, 1.807) is 26.4 Å². The van der Waals surface area contributed by atoms with Gasteiger partial charge in [-0.3, -0.25) is 10.1 Å². The van der Waals surface area contributed by atoms with Gasteiger partial charge in [0, 0.05) is 17.5 Å². The lowest BCUT2D eigenvalue weighted by atomic mass is 10.1. The first-order valence-corrected chi connectivity index (χ1v) is 10.3. The molecule has 0 unspecified atom stereocenters. The molecule has 3 amide bonds. The highest BCUT2D eigenvalue weighted by Gasteiger charge is 2.22. The molecule has 1 aromatic heterocycles. The highest BCUT2D eigenvalue weighted by atomic mass is 32.1. The maximum Gasteiger partial charge on any atom is 0.317 e. The van der Waals surface area contributed by atoms with E-state index >= 15 is 0 Å². The standard InChI is InChI=1S/C20H26N4O4S/c1-27-15-7-6-12(9-16(15)28-2)17-10-14(19(29-17)24-20(21)26)18(25)23-13-5-3-4-8-22-11-13/h6-7,9-10,13,22H,3-5,8,11H2,1-2H3,(H,23,25)(H3,21,24,26)/t13-/m0/s1. The van der Waals surface area contributed by atoms with Gasteiger partial charge in [0.1, 0.15) is 5.00 Å². The Labute approximate surface area is 173 Å². The number of hydrogen-bond acceptors (Lipinski definition) is 6. The van der Waals surface area contributed by atoms with Crippen LogP contribution in [0.5, 0.6) is 11.5 Å². The first-order valence-electron chi connectivity index (χ1n) is 9.46. The molecule has 5 N–H and O–H groups in total. The molecule has 1 aliphatic heterocycles. The van der Waals surface area contributed by atoms with E-state index in [1.165, 1.54) is 11.3 Å². The molecule has 8 nitrogen and oxygen atoms in total. The molecule has 156 valence electrons. The number of carbonyl (C=O) groups is 2. The zero-order chi connectivity index (χ0) is 20.8. The van der Waals surface area contributed by atoms with Gasteiger partial charge in [-0.2, -0.15) is 0 Å². The number of nitrogens with one attached hydrogen (secondary N) is 3. The number of ether oxygens (including phenoxy) is 2. The summed E-state index contributed by atoms with van der Waals surface area (Å²) in [6.07, 6.45) is 3.08. The molecule has 1 saturated heterocycles. The summed E-state index contributed by atoms with van der Waals surface area (Å²) in [6, 6.07) is 6.60. The maximum atomic E-state index is 12.9. The fraction of sp³-hybridized carbons (Fsp3) is 0.400. The third-order valence-electron chi connectivity index (χ3n) is 4.76. The Morgan fingerprint density at radius 2 is 1.97 bits per heavy atom. The van der Waals surface area contributed by atoms with E-state index in [-0.39, 0.29) is 11.9 Å². The minimum Gasteiger partial charge on any atom is -0.493 e. The second kappa shape index (κ2) is 9.62. The third kappa shape index (κ3) is 5.18. The summed E-state index contributed by atoms with van der Waals surface area (Å²) in [7, 11) is 3.14. The number of thiophene rings is 1. The van der Waals surface area contributed by atoms with Crippen molar-refractivity contribution in [3.05, 3.63) is 29.8 Å². The van der Waals surface area contributed by atoms with Crippen molar-refractivity contribution < 1.29 is 19.1 Å². The van der Waals surface area contributed by atoms with Crippen LogP contribution >= 0.6 is 11.3 Å². The fourth-order valence-corrected chi connectivity index (χ4v) is 4.36. The molecule has 0 aliphatic carbocycles. The molecule has 1 aromatic carbocycles. The van der Waals surface area contributed by atoms with E-state index in [2.05, 4.69) is 16.0 Å². The quantitative estimate of drug-likeness (QED) is 0.576. The van der Waals surface area contributed by atoms with Gasteiger partial charge in [-0.25, -0.2) is 4.79 Å². The number of anilines is 1. The Morgan fingerprint density at radius 1 is 1.17 bits per heavy atom. The van der Waals surface area contributed by atoms with Gasteiger partial charge in [-0.05, 0) is 49.2 Å². The molecule has 0 spiro atoms. The van der Waals surface area contributed by atoms with Crippen LogP contribution < -0.4 is 31.2 Å². The van der Waals surface area contributed by atoms with E-state index < -0.39 is 6.03 Å². The maximum absolute atomic E-state index is 12.9. The third-order valence-corrected chi connectivity index (χ3v) is 5.86. The van der Waals surface area contributed by atoms with Gasteiger partial charge in [0.15, 0.2) is 11.5 Å². The van der Waals surface area contributed by atoms with E-state index in [1.807, 2.05) is 12.1 Å². The lowest BCUT2D eigenvalue weighted by molar-refractivity contribution is 0.0937. The van der Waals surface area contributed by atoms with Crippen LogP contribution in [0.1, 0.15) is 29.6 Å². The number of amides is 3. The van der Waals surface area contributed by atoms with E-state index in [0.29, 0.717) is 22.1 Å². The summed E-state index contributed by atoms with van der Waals surface area (Å²) in [5, 5.41) is 9.38. The predicted octanol–water partition coefficient (Wildman–Crippen LogP) is 2.79. The monoisotopic (exact) mass is 418 g/mol. The summed E-state index contributed by atoms with van der Waals surface area (Å²) in [4.78, 5) is 25.2. The Bertz CT molecular complexity index is 875. The van der Waals surface area contributed by atoms with Gasteiger partial charge >= 0.3 is 6.03 Å². The normalized spacial score (nSPS) is 16.6. The summed E-state index contributed by atoms with van der Waals surface area (Å²) < 4.78 is 10.6. The molecular formula is C20H26N4O4S. The number of primary amides is 1. The van der Waals surface area contributed by atoms with Crippen molar-refractivity contribution in [1.82, 2.24) is 10.6 Å². The number of rotatable bonds is 6. The average molecular weight is 419 g/mol. The van der Waals surface area contributed by atoms with Crippen LogP contribution in [-0.4, -0.2) is 45.3 Å². The smallest absolute Gasteiger partial charge is 0.317 e. The van der Waals surface area contributed by atoms with Crippen LogP contribution in [0.2, 0.25) is 0 Å². The zero-order valence-electron chi connectivity index (χ0n) is 16.5. The van der Waals surface area contributed by atoms with Crippen molar-refractivity contribution in [2.45, 2.75) is 25.3 Å². The number of carbonyl (C=O) groups excluding carboxylic acids is 2. The molecule has 0 saturated carbocycles. The second-order valence-electron chi connectivity index (χ2n) is 6.78. The molecule has 29 heavy (non-hydrogen) atoms. The Hall–Kier alpha value is -2.78. The van der Waals surface area contributed by atoms with Crippen molar-refractivity contribution in [2.75, 3.05) is 32.6 Å². The van der Waals surface area contributed by atoms with Crippen molar-refractivity contribution in [2.24, 2.45) is 5.73 Å². The average Bonchev–Trinajstić information content (AvgIpc) is 2.95. The Kier molecular flexibility index (Phi) is 6.95. The van der Waals surface area contributed by atoms with Crippen molar-refractivity contribution in [1.29, 1.82) is 0 Å². The van der Waals surface area contributed by atoms with Gasteiger partial charge in [0.25, 0.3) is 5.91 Å². The Balaban J connectivity index is 1.89. The van der Waals surface area contributed by atoms with Crippen molar-refractivity contribution in [3.8, 4) is 21.9 Å². The first kappa shape index (κ1) is 20.9. The Morgan fingerprint density at radius 3 is 2.69 bits per heavy atom. The molecule has 0 bridgehead atoms. The van der Waals surface area contributed by atoms with Gasteiger partial charge in [0.2, 0.25) is 0 Å². The van der Waals surface area contributed by atoms with Crippen LogP contribution in [0, 0.1) is 0 Å². The first-order chi connectivity index (χ1) is 14.0. The molecule has 9 heteroatoms. The van der Waals surface area contributed by atoms with Gasteiger partial charge < -0.3 is 25.8 Å². The summed E-state index contributed by atoms with van der Waals surface area (Å²) in [6.45, 7) is 1.69. The van der Waals surface area contributed by atoms with Crippen LogP contribution in [0.25, 0.3) is 10.4 Å². The predicted molar refractivity (Wildman–Crippen MR) is 114 cm³/mol. The topological polar surface area (TPSA) is 115 Å². The zero-order valence-corrected chi connectivity index (χ0v) is 17.4. The molecule has 3 rings (SSSR count). The number of benzene rings is 1. The molecule has 2 heterocycles. The minimum atomic E-state index is -0.712. The summed E-state index contributed by atoms with van der Waals surface area (Å²) in [5.41, 5.74) is 6.54. The van der Waals surface area contributed by atoms with Gasteiger partial charge in [-0.15, -0.1) is 11.3 Å². The molecular weight excluding hydrogens is 392 g/mol. The highest BCUT2D eigenvalue weighted by Crippen LogP contribution is 2.39. The van der Waals surface area contributed by atoms with Crippen molar-refractivity contribution in [3.63, 3.8) is 0 Å². The molecule has 1 fully saturated rings. The highest BCUT2D eigenvalue weighted by molar-refractivity contribution is 7.20. The summed E-state index contributed by atoms with van der Waals surface area (Å²) in [5.74, 6) is 0.964. The van der Waals surface area contributed by atoms with E-state index in [0.717, 1.165) is 42.8 Å². The largest absolute Gasteiger partial charge is 0.493 e.